The van der Waals surface area contributed by atoms with Crippen molar-refractivity contribution >= 4 is 5.97 Å². The number of carbonyl (C=O) groups excluding carboxylic acids is 1. The van der Waals surface area contributed by atoms with Crippen molar-refractivity contribution in [1.29, 1.82) is 0 Å². The summed E-state index contributed by atoms with van der Waals surface area (Å²) in [4.78, 5) is 22.9. The minimum Gasteiger partial charge on any atom is -0.460 e. The highest BCUT2D eigenvalue weighted by atomic mass is 16.6. The molecule has 0 saturated carbocycles. The molecule has 0 saturated heterocycles. The van der Waals surface area contributed by atoms with Crippen LogP contribution >= 0.6 is 0 Å². The van der Waals surface area contributed by atoms with Crippen LogP contribution in [0.1, 0.15) is 32.8 Å². The fraction of sp³-hybridized carbons (Fsp3) is 0.583. The van der Waals surface area contributed by atoms with Gasteiger partial charge in [-0.15, -0.1) is 0 Å². The molecule has 5 nitrogen and oxygen atoms in total. The first-order valence-corrected chi connectivity index (χ1v) is 5.53. The van der Waals surface area contributed by atoms with E-state index in [9.17, 15) is 9.59 Å². The number of aromatic nitrogens is 2. The fourth-order valence-electron chi connectivity index (χ4n) is 1.28. The molecule has 1 aromatic heterocycles. The summed E-state index contributed by atoms with van der Waals surface area (Å²) in [5, 5.41) is 3.94. The van der Waals surface area contributed by atoms with Crippen molar-refractivity contribution < 1.29 is 9.53 Å². The number of hydrogen-bond acceptors (Lipinski definition) is 4. The maximum Gasteiger partial charge on any atom is 0.308 e. The molecule has 94 valence electrons. The third-order valence-electron chi connectivity index (χ3n) is 1.95. The van der Waals surface area contributed by atoms with Crippen molar-refractivity contribution in [3.8, 4) is 0 Å². The summed E-state index contributed by atoms with van der Waals surface area (Å²) in [5.41, 5.74) is 0.111. The van der Waals surface area contributed by atoms with E-state index in [1.807, 2.05) is 0 Å². The van der Waals surface area contributed by atoms with Crippen molar-refractivity contribution in [2.75, 3.05) is 0 Å². The number of carbonyl (C=O) groups is 1. The fourth-order valence-corrected chi connectivity index (χ4v) is 1.28. The van der Waals surface area contributed by atoms with E-state index in [1.54, 1.807) is 33.9 Å². The predicted molar refractivity (Wildman–Crippen MR) is 63.7 cm³/mol. The summed E-state index contributed by atoms with van der Waals surface area (Å²) in [6.45, 7) is 7.46. The Balaban J connectivity index is 2.56. The number of hydrogen-bond donors (Lipinski definition) is 0. The number of rotatable bonds is 3. The standard InChI is InChI=1S/C12H18N2O3/c1-9-7-10(15)14(13-8-9)6-5-11(16)17-12(2,3)4/h7-8H,5-6H2,1-4H3. The number of aryl methyl sites for hydroxylation is 2. The molecule has 0 aliphatic carbocycles. The van der Waals surface area contributed by atoms with Crippen LogP contribution in [0, 0.1) is 6.92 Å². The molecule has 0 spiro atoms. The third kappa shape index (κ3) is 4.80. The van der Waals surface area contributed by atoms with Gasteiger partial charge in [0.15, 0.2) is 0 Å². The average Bonchev–Trinajstić information content (AvgIpc) is 2.13. The molecule has 17 heavy (non-hydrogen) atoms. The highest BCUT2D eigenvalue weighted by molar-refractivity contribution is 5.69. The summed E-state index contributed by atoms with van der Waals surface area (Å²) in [6.07, 6.45) is 1.74. The van der Waals surface area contributed by atoms with E-state index in [1.165, 1.54) is 10.7 Å². The number of ether oxygens (including phenoxy) is 1. The lowest BCUT2D eigenvalue weighted by Gasteiger charge is -2.19. The van der Waals surface area contributed by atoms with Crippen LogP contribution in [0.15, 0.2) is 17.1 Å². The Bertz CT molecular complexity index is 458. The van der Waals surface area contributed by atoms with E-state index >= 15 is 0 Å². The Labute approximate surface area is 100 Å². The monoisotopic (exact) mass is 238 g/mol. The molecule has 1 heterocycles. The van der Waals surface area contributed by atoms with Gasteiger partial charge < -0.3 is 4.74 Å². The predicted octanol–water partition coefficient (Wildman–Crippen LogP) is 1.28. The van der Waals surface area contributed by atoms with Gasteiger partial charge in [-0.3, -0.25) is 9.59 Å². The second kappa shape index (κ2) is 5.12. The smallest absolute Gasteiger partial charge is 0.308 e. The lowest BCUT2D eigenvalue weighted by Crippen LogP contribution is -2.27. The van der Waals surface area contributed by atoms with Crippen LogP contribution in [0.5, 0.6) is 0 Å². The molecule has 1 rings (SSSR count). The summed E-state index contributed by atoms with van der Waals surface area (Å²) in [5.74, 6) is -0.327. The number of nitrogens with zero attached hydrogens (tertiary/aromatic N) is 2. The van der Waals surface area contributed by atoms with Crippen LogP contribution in [0.3, 0.4) is 0 Å². The van der Waals surface area contributed by atoms with Crippen molar-refractivity contribution in [3.05, 3.63) is 28.2 Å². The van der Waals surface area contributed by atoms with Gasteiger partial charge in [0, 0.05) is 6.07 Å². The molecule has 0 atom stereocenters. The van der Waals surface area contributed by atoms with E-state index in [4.69, 9.17) is 4.74 Å². The minimum atomic E-state index is -0.497. The molecule has 0 aromatic carbocycles. The molecule has 0 N–H and O–H groups in total. The van der Waals surface area contributed by atoms with Gasteiger partial charge in [0.25, 0.3) is 5.56 Å². The highest BCUT2D eigenvalue weighted by Crippen LogP contribution is 2.08. The largest absolute Gasteiger partial charge is 0.460 e. The molecule has 0 amide bonds. The Morgan fingerprint density at radius 2 is 2.12 bits per heavy atom. The quantitative estimate of drug-likeness (QED) is 0.744. The SMILES string of the molecule is Cc1cnn(CCC(=O)OC(C)(C)C)c(=O)c1. The topological polar surface area (TPSA) is 61.2 Å². The lowest BCUT2D eigenvalue weighted by atomic mass is 10.2. The van der Waals surface area contributed by atoms with Crippen LogP contribution < -0.4 is 5.56 Å². The second-order valence-electron chi connectivity index (χ2n) is 4.93. The molecule has 0 aliphatic heterocycles. The van der Waals surface area contributed by atoms with E-state index in [0.717, 1.165) is 5.56 Å². The lowest BCUT2D eigenvalue weighted by molar-refractivity contribution is -0.155. The summed E-state index contributed by atoms with van der Waals surface area (Å²) < 4.78 is 6.40. The Kier molecular flexibility index (Phi) is 4.04. The van der Waals surface area contributed by atoms with Crippen LogP contribution in [-0.2, 0) is 16.1 Å². The van der Waals surface area contributed by atoms with Gasteiger partial charge in [-0.1, -0.05) is 0 Å². The van der Waals surface area contributed by atoms with Crippen LogP contribution in [0.25, 0.3) is 0 Å². The first-order valence-electron chi connectivity index (χ1n) is 5.53. The maximum atomic E-state index is 11.5. The van der Waals surface area contributed by atoms with Gasteiger partial charge in [-0.25, -0.2) is 4.68 Å². The van der Waals surface area contributed by atoms with Gasteiger partial charge in [-0.05, 0) is 33.3 Å². The van der Waals surface area contributed by atoms with Gasteiger partial charge in [-0.2, -0.15) is 5.10 Å². The summed E-state index contributed by atoms with van der Waals surface area (Å²) >= 11 is 0. The van der Waals surface area contributed by atoms with Gasteiger partial charge in [0.05, 0.1) is 19.2 Å². The highest BCUT2D eigenvalue weighted by Gasteiger charge is 2.16. The third-order valence-corrected chi connectivity index (χ3v) is 1.95. The van der Waals surface area contributed by atoms with E-state index in [-0.39, 0.29) is 24.5 Å². The van der Waals surface area contributed by atoms with Crippen molar-refractivity contribution in [1.82, 2.24) is 9.78 Å². The normalized spacial score (nSPS) is 11.3. The zero-order chi connectivity index (χ0) is 13.1. The first-order chi connectivity index (χ1) is 7.78. The Morgan fingerprint density at radius 1 is 1.47 bits per heavy atom. The van der Waals surface area contributed by atoms with E-state index < -0.39 is 5.60 Å². The minimum absolute atomic E-state index is 0.146. The van der Waals surface area contributed by atoms with Gasteiger partial charge >= 0.3 is 5.97 Å². The molecular weight excluding hydrogens is 220 g/mol. The molecular formula is C12H18N2O3. The van der Waals surface area contributed by atoms with Crippen molar-refractivity contribution in [2.45, 2.75) is 46.3 Å². The molecule has 0 unspecified atom stereocenters. The van der Waals surface area contributed by atoms with E-state index in [0.29, 0.717) is 0 Å². The van der Waals surface area contributed by atoms with Gasteiger partial charge in [0.1, 0.15) is 5.60 Å². The molecule has 0 radical (unpaired) electrons. The van der Waals surface area contributed by atoms with Gasteiger partial charge in [0.2, 0.25) is 0 Å². The Morgan fingerprint density at radius 3 is 2.65 bits per heavy atom. The summed E-state index contributed by atoms with van der Waals surface area (Å²) in [6, 6.07) is 1.49. The maximum absolute atomic E-state index is 11.5. The first kappa shape index (κ1) is 13.4. The molecule has 0 fully saturated rings. The average molecular weight is 238 g/mol. The van der Waals surface area contributed by atoms with Crippen molar-refractivity contribution in [2.24, 2.45) is 0 Å². The Hall–Kier alpha value is -1.65. The van der Waals surface area contributed by atoms with Crippen molar-refractivity contribution in [3.63, 3.8) is 0 Å². The summed E-state index contributed by atoms with van der Waals surface area (Å²) in [7, 11) is 0. The van der Waals surface area contributed by atoms with E-state index in [2.05, 4.69) is 5.10 Å². The molecule has 0 bridgehead atoms. The molecule has 0 aliphatic rings. The molecule has 1 aromatic rings. The van der Waals surface area contributed by atoms with Crippen LogP contribution in [0.2, 0.25) is 0 Å². The van der Waals surface area contributed by atoms with Crippen LogP contribution in [0.4, 0.5) is 0 Å². The zero-order valence-electron chi connectivity index (χ0n) is 10.7. The van der Waals surface area contributed by atoms with Crippen LogP contribution in [-0.4, -0.2) is 21.4 Å². The number of esters is 1. The zero-order valence-corrected chi connectivity index (χ0v) is 10.7. The second-order valence-corrected chi connectivity index (χ2v) is 4.93. The molecule has 5 heteroatoms.